The average Bonchev–Trinajstić information content (AvgIpc) is 2.41. The lowest BCUT2D eigenvalue weighted by molar-refractivity contribution is -0.120. The van der Waals surface area contributed by atoms with E-state index in [2.05, 4.69) is 16.0 Å². The first-order chi connectivity index (χ1) is 9.76. The van der Waals surface area contributed by atoms with Crippen molar-refractivity contribution in [1.29, 1.82) is 0 Å². The molecule has 6 nitrogen and oxygen atoms in total. The van der Waals surface area contributed by atoms with E-state index in [-0.39, 0.29) is 24.9 Å². The summed E-state index contributed by atoms with van der Waals surface area (Å²) in [7, 11) is 0. The molecule has 0 aliphatic rings. The maximum atomic E-state index is 11.5. The molecule has 8 heteroatoms. The lowest BCUT2D eigenvalue weighted by Crippen LogP contribution is -2.48. The number of hydrogen-bond acceptors (Lipinski definition) is 3. The summed E-state index contributed by atoms with van der Waals surface area (Å²) in [5, 5.41) is 8.40. The quantitative estimate of drug-likeness (QED) is 0.625. The molecular weight excluding hydrogens is 327 g/mol. The Labute approximate surface area is 141 Å². The minimum Gasteiger partial charge on any atom is -0.353 e. The Hall–Kier alpha value is -1.50. The number of carbonyl (C=O) groups excluding carboxylic acids is 2. The Morgan fingerprint density at radius 3 is 2.27 bits per heavy atom. The van der Waals surface area contributed by atoms with Crippen LogP contribution in [0.25, 0.3) is 0 Å². The zero-order valence-corrected chi connectivity index (χ0v) is 14.2. The second-order valence-corrected chi connectivity index (χ2v) is 5.86. The minimum atomic E-state index is -0.480. The van der Waals surface area contributed by atoms with E-state index in [1.54, 1.807) is 26.0 Å². The molecule has 0 unspecified atom stereocenters. The van der Waals surface area contributed by atoms with Crippen LogP contribution in [0.15, 0.2) is 24.3 Å². The van der Waals surface area contributed by atoms with E-state index in [9.17, 15) is 9.59 Å². The molecule has 124 valence electrons. The zero-order chi connectivity index (χ0) is 15.9. The third-order valence-corrected chi connectivity index (χ3v) is 2.77. The first kappa shape index (κ1) is 20.5. The highest BCUT2D eigenvalue weighted by Gasteiger charge is 2.12. The summed E-state index contributed by atoms with van der Waals surface area (Å²) in [5.41, 5.74) is 6.18. The topological polar surface area (TPSA) is 96.2 Å². The van der Waals surface area contributed by atoms with Gasteiger partial charge in [-0.25, -0.2) is 4.79 Å². The SMILES string of the molecule is CC(C)(N)CNC(=O)CNC(=O)NCc1ccc(Cl)cc1.Cl. The van der Waals surface area contributed by atoms with Gasteiger partial charge in [0.1, 0.15) is 0 Å². The molecular formula is C14H22Cl2N4O2. The maximum Gasteiger partial charge on any atom is 0.315 e. The number of benzene rings is 1. The summed E-state index contributed by atoms with van der Waals surface area (Å²) in [5.74, 6) is -0.282. The van der Waals surface area contributed by atoms with Crippen LogP contribution in [0, 0.1) is 0 Å². The Morgan fingerprint density at radius 1 is 1.14 bits per heavy atom. The molecule has 0 aromatic heterocycles. The molecule has 0 aliphatic heterocycles. The van der Waals surface area contributed by atoms with E-state index in [0.717, 1.165) is 5.56 Å². The highest BCUT2D eigenvalue weighted by atomic mass is 35.5. The number of nitrogens with two attached hydrogens (primary N) is 1. The molecule has 0 heterocycles. The molecule has 0 spiro atoms. The standard InChI is InChI=1S/C14H21ClN4O2.ClH/c1-14(2,16)9-19-12(20)8-18-13(21)17-7-10-3-5-11(15)6-4-10;/h3-6H,7-9,16H2,1-2H3,(H,19,20)(H2,17,18,21);1H. The van der Waals surface area contributed by atoms with Crippen molar-refractivity contribution in [3.05, 3.63) is 34.9 Å². The average molecular weight is 349 g/mol. The van der Waals surface area contributed by atoms with Crippen molar-refractivity contribution in [2.24, 2.45) is 5.73 Å². The monoisotopic (exact) mass is 348 g/mol. The fourth-order valence-electron chi connectivity index (χ4n) is 1.40. The first-order valence-electron chi connectivity index (χ1n) is 6.58. The molecule has 5 N–H and O–H groups in total. The minimum absolute atomic E-state index is 0. The van der Waals surface area contributed by atoms with Gasteiger partial charge < -0.3 is 21.7 Å². The highest BCUT2D eigenvalue weighted by molar-refractivity contribution is 6.30. The van der Waals surface area contributed by atoms with Crippen molar-refractivity contribution >= 4 is 35.9 Å². The fraction of sp³-hybridized carbons (Fsp3) is 0.429. The van der Waals surface area contributed by atoms with Crippen LogP contribution in [0.3, 0.4) is 0 Å². The smallest absolute Gasteiger partial charge is 0.315 e. The van der Waals surface area contributed by atoms with Crippen molar-refractivity contribution in [2.75, 3.05) is 13.1 Å². The molecule has 1 aromatic carbocycles. The van der Waals surface area contributed by atoms with Crippen molar-refractivity contribution in [1.82, 2.24) is 16.0 Å². The predicted molar refractivity (Wildman–Crippen MR) is 90.2 cm³/mol. The van der Waals surface area contributed by atoms with Crippen molar-refractivity contribution in [3.63, 3.8) is 0 Å². The summed E-state index contributed by atoms with van der Waals surface area (Å²) in [4.78, 5) is 23.0. The van der Waals surface area contributed by atoms with Crippen LogP contribution in [0.4, 0.5) is 4.79 Å². The van der Waals surface area contributed by atoms with Gasteiger partial charge in [0.15, 0.2) is 0 Å². The van der Waals surface area contributed by atoms with Crippen LogP contribution in [0.5, 0.6) is 0 Å². The van der Waals surface area contributed by atoms with Crippen LogP contribution in [0.2, 0.25) is 5.02 Å². The van der Waals surface area contributed by atoms with E-state index >= 15 is 0 Å². The van der Waals surface area contributed by atoms with Gasteiger partial charge >= 0.3 is 6.03 Å². The van der Waals surface area contributed by atoms with E-state index in [1.807, 2.05) is 12.1 Å². The lowest BCUT2D eigenvalue weighted by atomic mass is 10.1. The first-order valence-corrected chi connectivity index (χ1v) is 6.96. The van der Waals surface area contributed by atoms with Gasteiger partial charge in [-0.2, -0.15) is 0 Å². The fourth-order valence-corrected chi connectivity index (χ4v) is 1.52. The van der Waals surface area contributed by atoms with Gasteiger partial charge in [-0.1, -0.05) is 23.7 Å². The van der Waals surface area contributed by atoms with Crippen LogP contribution in [-0.2, 0) is 11.3 Å². The molecule has 0 bridgehead atoms. The zero-order valence-electron chi connectivity index (χ0n) is 12.6. The number of carbonyl (C=O) groups is 2. The van der Waals surface area contributed by atoms with Gasteiger partial charge in [-0.3, -0.25) is 4.79 Å². The third kappa shape index (κ3) is 9.44. The molecule has 1 aromatic rings. The van der Waals surface area contributed by atoms with Gasteiger partial charge in [-0.05, 0) is 31.5 Å². The molecule has 0 aliphatic carbocycles. The van der Waals surface area contributed by atoms with Gasteiger partial charge in [0, 0.05) is 23.7 Å². The maximum absolute atomic E-state index is 11.5. The number of nitrogens with one attached hydrogen (secondary N) is 3. The molecule has 0 radical (unpaired) electrons. The van der Waals surface area contributed by atoms with E-state index in [0.29, 0.717) is 18.1 Å². The number of amides is 3. The Balaban J connectivity index is 0.00000441. The third-order valence-electron chi connectivity index (χ3n) is 2.52. The largest absolute Gasteiger partial charge is 0.353 e. The molecule has 1 rings (SSSR count). The number of halogens is 2. The molecule has 0 atom stereocenters. The van der Waals surface area contributed by atoms with E-state index in [4.69, 9.17) is 17.3 Å². The van der Waals surface area contributed by atoms with Gasteiger partial charge in [-0.15, -0.1) is 12.4 Å². The van der Waals surface area contributed by atoms with Crippen LogP contribution >= 0.6 is 24.0 Å². The van der Waals surface area contributed by atoms with Gasteiger partial charge in [0.05, 0.1) is 6.54 Å². The Kier molecular flexibility index (Phi) is 8.86. The van der Waals surface area contributed by atoms with Crippen molar-refractivity contribution in [3.8, 4) is 0 Å². The van der Waals surface area contributed by atoms with Crippen LogP contribution < -0.4 is 21.7 Å². The van der Waals surface area contributed by atoms with Crippen molar-refractivity contribution in [2.45, 2.75) is 25.9 Å². The van der Waals surface area contributed by atoms with Crippen LogP contribution in [-0.4, -0.2) is 30.6 Å². The lowest BCUT2D eigenvalue weighted by Gasteiger charge is -2.18. The normalized spacial score (nSPS) is 10.4. The van der Waals surface area contributed by atoms with Crippen molar-refractivity contribution < 1.29 is 9.59 Å². The Bertz CT molecular complexity index is 487. The summed E-state index contributed by atoms with van der Waals surface area (Å²) in [6.45, 7) is 4.22. The summed E-state index contributed by atoms with van der Waals surface area (Å²) in [6, 6.07) is 6.72. The predicted octanol–water partition coefficient (Wildman–Crippen LogP) is 1.41. The van der Waals surface area contributed by atoms with Gasteiger partial charge in [0.25, 0.3) is 0 Å². The number of hydrogen-bond donors (Lipinski definition) is 4. The number of urea groups is 1. The van der Waals surface area contributed by atoms with E-state index < -0.39 is 11.6 Å². The summed E-state index contributed by atoms with van der Waals surface area (Å²) >= 11 is 5.77. The Morgan fingerprint density at radius 2 is 1.73 bits per heavy atom. The molecule has 22 heavy (non-hydrogen) atoms. The number of rotatable bonds is 6. The van der Waals surface area contributed by atoms with Crippen LogP contribution in [0.1, 0.15) is 19.4 Å². The summed E-state index contributed by atoms with van der Waals surface area (Å²) in [6.07, 6.45) is 0. The van der Waals surface area contributed by atoms with E-state index in [1.165, 1.54) is 0 Å². The van der Waals surface area contributed by atoms with Gasteiger partial charge in [0.2, 0.25) is 5.91 Å². The second kappa shape index (κ2) is 9.50. The molecule has 0 fully saturated rings. The molecule has 3 amide bonds. The summed E-state index contributed by atoms with van der Waals surface area (Å²) < 4.78 is 0. The second-order valence-electron chi connectivity index (χ2n) is 5.43. The highest BCUT2D eigenvalue weighted by Crippen LogP contribution is 2.08. The molecule has 0 saturated carbocycles. The molecule has 0 saturated heterocycles.